The summed E-state index contributed by atoms with van der Waals surface area (Å²) < 4.78 is 12.9. The number of benzene rings is 3. The molecule has 5 aromatic rings. The van der Waals surface area contributed by atoms with Crippen molar-refractivity contribution < 1.29 is 9.47 Å². The van der Waals surface area contributed by atoms with Crippen molar-refractivity contribution in [3.05, 3.63) is 91.4 Å². The Morgan fingerprint density at radius 1 is 0.781 bits per heavy atom. The molecule has 5 rings (SSSR count). The largest absolute Gasteiger partial charge is 0.493 e. The van der Waals surface area contributed by atoms with Gasteiger partial charge in [0.1, 0.15) is 12.1 Å². The lowest BCUT2D eigenvalue weighted by molar-refractivity contribution is 0.355. The summed E-state index contributed by atoms with van der Waals surface area (Å²) in [6.07, 6.45) is 3.70. The number of anilines is 2. The third kappa shape index (κ3) is 3.52. The number of methoxy groups -OCH3 is 2. The molecule has 0 saturated heterocycles. The van der Waals surface area contributed by atoms with Crippen molar-refractivity contribution >= 4 is 22.5 Å². The first-order valence-electron chi connectivity index (χ1n) is 10.2. The van der Waals surface area contributed by atoms with Crippen LogP contribution in [-0.2, 0) is 0 Å². The smallest absolute Gasteiger partial charge is 0.162 e. The molecule has 0 unspecified atom stereocenters. The van der Waals surface area contributed by atoms with Gasteiger partial charge in [-0.1, -0.05) is 48.5 Å². The van der Waals surface area contributed by atoms with Crippen LogP contribution in [0.5, 0.6) is 11.5 Å². The van der Waals surface area contributed by atoms with Crippen LogP contribution in [0.15, 0.2) is 91.4 Å². The second-order valence-electron chi connectivity index (χ2n) is 7.23. The third-order valence-corrected chi connectivity index (χ3v) is 5.35. The minimum absolute atomic E-state index is 0.646. The number of ether oxygens (including phenoxy) is 2. The minimum atomic E-state index is 0.646. The van der Waals surface area contributed by atoms with E-state index in [1.165, 1.54) is 0 Å². The van der Waals surface area contributed by atoms with Crippen LogP contribution in [0.25, 0.3) is 27.8 Å². The van der Waals surface area contributed by atoms with Gasteiger partial charge in [0.15, 0.2) is 17.1 Å². The van der Waals surface area contributed by atoms with E-state index in [0.717, 1.165) is 39.4 Å². The summed E-state index contributed by atoms with van der Waals surface area (Å²) in [5.74, 6) is 2.04. The van der Waals surface area contributed by atoms with Crippen LogP contribution in [-0.4, -0.2) is 28.8 Å². The molecule has 2 heterocycles. The summed E-state index contributed by atoms with van der Waals surface area (Å²) in [6.45, 7) is 0. The number of nitrogens with zero attached hydrogens (tertiary/aromatic N) is 3. The van der Waals surface area contributed by atoms with E-state index in [1.54, 1.807) is 20.5 Å². The quantitative estimate of drug-likeness (QED) is 0.372. The summed E-state index contributed by atoms with van der Waals surface area (Å²) in [5.41, 5.74) is 4.85. The standard InChI is InChI=1S/C26H22N4O2/c1-31-22-14-13-19(15-23(22)32-2)29-25-24-21(18-9-5-3-6-10-18)16-30(26(24)28-17-27-25)20-11-7-4-8-12-20/h3-17H,1-2H3,(H,27,28,29). The van der Waals surface area contributed by atoms with Gasteiger partial charge in [-0.05, 0) is 29.8 Å². The fraction of sp³-hybridized carbons (Fsp3) is 0.0769. The Labute approximate surface area is 186 Å². The highest BCUT2D eigenvalue weighted by molar-refractivity contribution is 6.03. The zero-order chi connectivity index (χ0) is 21.9. The van der Waals surface area contributed by atoms with Crippen molar-refractivity contribution in [1.82, 2.24) is 14.5 Å². The molecule has 0 saturated carbocycles. The molecular weight excluding hydrogens is 400 g/mol. The van der Waals surface area contributed by atoms with Crippen molar-refractivity contribution in [3.63, 3.8) is 0 Å². The molecular formula is C26H22N4O2. The van der Waals surface area contributed by atoms with Gasteiger partial charge in [0, 0.05) is 29.2 Å². The van der Waals surface area contributed by atoms with Crippen LogP contribution in [0.1, 0.15) is 0 Å². The van der Waals surface area contributed by atoms with Crippen LogP contribution in [0, 0.1) is 0 Å². The maximum Gasteiger partial charge on any atom is 0.162 e. The maximum atomic E-state index is 5.46. The second-order valence-corrected chi connectivity index (χ2v) is 7.23. The molecule has 1 N–H and O–H groups in total. The zero-order valence-corrected chi connectivity index (χ0v) is 17.8. The Morgan fingerprint density at radius 2 is 1.50 bits per heavy atom. The molecule has 0 aliphatic rings. The highest BCUT2D eigenvalue weighted by Crippen LogP contribution is 2.37. The monoisotopic (exact) mass is 422 g/mol. The molecule has 6 nitrogen and oxygen atoms in total. The van der Waals surface area contributed by atoms with Gasteiger partial charge in [-0.2, -0.15) is 0 Å². The van der Waals surface area contributed by atoms with Crippen molar-refractivity contribution in [3.8, 4) is 28.3 Å². The summed E-state index contributed by atoms with van der Waals surface area (Å²) in [4.78, 5) is 9.22. The van der Waals surface area contributed by atoms with E-state index in [9.17, 15) is 0 Å². The lowest BCUT2D eigenvalue weighted by Gasteiger charge is -2.12. The predicted molar refractivity (Wildman–Crippen MR) is 127 cm³/mol. The van der Waals surface area contributed by atoms with Crippen LogP contribution in [0.2, 0.25) is 0 Å². The molecule has 0 aliphatic heterocycles. The molecule has 3 aromatic carbocycles. The first-order valence-corrected chi connectivity index (χ1v) is 10.2. The molecule has 0 amide bonds. The minimum Gasteiger partial charge on any atom is -0.493 e. The van der Waals surface area contributed by atoms with Gasteiger partial charge in [-0.15, -0.1) is 0 Å². The van der Waals surface area contributed by atoms with E-state index in [-0.39, 0.29) is 0 Å². The Balaban J connectivity index is 1.70. The van der Waals surface area contributed by atoms with Gasteiger partial charge in [-0.3, -0.25) is 0 Å². The highest BCUT2D eigenvalue weighted by atomic mass is 16.5. The first-order chi connectivity index (χ1) is 15.8. The van der Waals surface area contributed by atoms with Gasteiger partial charge in [-0.25, -0.2) is 9.97 Å². The fourth-order valence-corrected chi connectivity index (χ4v) is 3.83. The molecule has 0 fully saturated rings. The van der Waals surface area contributed by atoms with Crippen molar-refractivity contribution in [1.29, 1.82) is 0 Å². The Hall–Kier alpha value is -4.32. The topological polar surface area (TPSA) is 61.2 Å². The zero-order valence-electron chi connectivity index (χ0n) is 17.8. The number of hydrogen-bond acceptors (Lipinski definition) is 5. The molecule has 2 aromatic heterocycles. The average molecular weight is 422 g/mol. The van der Waals surface area contributed by atoms with Crippen molar-refractivity contribution in [2.45, 2.75) is 0 Å². The fourth-order valence-electron chi connectivity index (χ4n) is 3.83. The van der Waals surface area contributed by atoms with Gasteiger partial charge in [0.25, 0.3) is 0 Å². The van der Waals surface area contributed by atoms with Crippen LogP contribution in [0.3, 0.4) is 0 Å². The van der Waals surface area contributed by atoms with Crippen molar-refractivity contribution in [2.24, 2.45) is 0 Å². The molecule has 32 heavy (non-hydrogen) atoms. The number of rotatable bonds is 6. The van der Waals surface area contributed by atoms with Gasteiger partial charge in [0.05, 0.1) is 19.6 Å². The van der Waals surface area contributed by atoms with Crippen LogP contribution in [0.4, 0.5) is 11.5 Å². The van der Waals surface area contributed by atoms with E-state index in [0.29, 0.717) is 11.5 Å². The maximum absolute atomic E-state index is 5.46. The number of para-hydroxylation sites is 1. The number of nitrogens with one attached hydrogen (secondary N) is 1. The SMILES string of the molecule is COc1ccc(Nc2ncnc3c2c(-c2ccccc2)cn3-c2ccccc2)cc1OC. The third-order valence-electron chi connectivity index (χ3n) is 5.35. The number of aromatic nitrogens is 3. The highest BCUT2D eigenvalue weighted by Gasteiger charge is 2.18. The first kappa shape index (κ1) is 19.6. The number of hydrogen-bond donors (Lipinski definition) is 1. The lowest BCUT2D eigenvalue weighted by atomic mass is 10.1. The van der Waals surface area contributed by atoms with Crippen molar-refractivity contribution in [2.75, 3.05) is 19.5 Å². The summed E-state index contributed by atoms with van der Waals surface area (Å²) >= 11 is 0. The normalized spacial score (nSPS) is 10.8. The van der Waals surface area contributed by atoms with E-state index in [2.05, 4.69) is 50.3 Å². The Morgan fingerprint density at radius 3 is 2.22 bits per heavy atom. The van der Waals surface area contributed by atoms with E-state index >= 15 is 0 Å². The molecule has 0 atom stereocenters. The Kier molecular flexibility index (Phi) is 5.17. The summed E-state index contributed by atoms with van der Waals surface area (Å²) in [7, 11) is 3.25. The molecule has 0 spiro atoms. The molecule has 6 heteroatoms. The van der Waals surface area contributed by atoms with Gasteiger partial charge in [0.2, 0.25) is 0 Å². The number of fused-ring (bicyclic) bond motifs is 1. The van der Waals surface area contributed by atoms with Crippen LogP contribution < -0.4 is 14.8 Å². The Bertz CT molecular complexity index is 1370. The molecule has 158 valence electrons. The summed E-state index contributed by atoms with van der Waals surface area (Å²) in [5, 5.41) is 4.39. The van der Waals surface area contributed by atoms with Gasteiger partial charge < -0.3 is 19.4 Å². The predicted octanol–water partition coefficient (Wildman–Crippen LogP) is 5.85. The molecule has 0 aliphatic carbocycles. The van der Waals surface area contributed by atoms with E-state index in [1.807, 2.05) is 54.6 Å². The van der Waals surface area contributed by atoms with E-state index in [4.69, 9.17) is 9.47 Å². The van der Waals surface area contributed by atoms with Crippen LogP contribution >= 0.6 is 0 Å². The second kappa shape index (κ2) is 8.43. The summed E-state index contributed by atoms with van der Waals surface area (Å²) in [6, 6.07) is 26.1. The van der Waals surface area contributed by atoms with E-state index < -0.39 is 0 Å². The molecule has 0 bridgehead atoms. The molecule has 0 radical (unpaired) electrons. The lowest BCUT2D eigenvalue weighted by Crippen LogP contribution is -1.99. The average Bonchev–Trinajstić information content (AvgIpc) is 3.26. The van der Waals surface area contributed by atoms with Gasteiger partial charge >= 0.3 is 0 Å².